The summed E-state index contributed by atoms with van der Waals surface area (Å²) >= 11 is 8.44. The highest BCUT2D eigenvalue weighted by Crippen LogP contribution is 2.38. The highest BCUT2D eigenvalue weighted by Gasteiger charge is 2.27. The average Bonchev–Trinajstić information content (AvgIpc) is 2.88. The zero-order valence-corrected chi connectivity index (χ0v) is 14.5. The van der Waals surface area contributed by atoms with Gasteiger partial charge in [-0.15, -0.1) is 11.6 Å². The van der Waals surface area contributed by atoms with Gasteiger partial charge in [-0.1, -0.05) is 18.6 Å². The minimum atomic E-state index is -0.0496. The molecular formula is C17H23ClN2S. The number of alkyl halides is 1. The smallest absolute Gasteiger partial charge is 0.127 e. The van der Waals surface area contributed by atoms with E-state index in [-0.39, 0.29) is 5.38 Å². The minimum absolute atomic E-state index is 0.0496. The second kappa shape index (κ2) is 6.21. The number of thioether (sulfide) groups is 1. The Morgan fingerprint density at radius 3 is 2.90 bits per heavy atom. The lowest BCUT2D eigenvalue weighted by atomic mass is 9.94. The van der Waals surface area contributed by atoms with Gasteiger partial charge >= 0.3 is 0 Å². The first-order valence-electron chi connectivity index (χ1n) is 7.76. The molecule has 0 aliphatic heterocycles. The minimum Gasteiger partial charge on any atom is -0.324 e. The molecule has 0 amide bonds. The zero-order chi connectivity index (χ0) is 15.0. The first kappa shape index (κ1) is 15.2. The number of hydrogen-bond donors (Lipinski definition) is 0. The summed E-state index contributed by atoms with van der Waals surface area (Å²) in [7, 11) is 0. The summed E-state index contributed by atoms with van der Waals surface area (Å²) in [4.78, 5) is 4.86. The molecule has 1 heterocycles. The molecule has 0 N–H and O–H groups in total. The van der Waals surface area contributed by atoms with E-state index in [1.54, 1.807) is 0 Å². The van der Waals surface area contributed by atoms with E-state index < -0.39 is 0 Å². The topological polar surface area (TPSA) is 17.8 Å². The van der Waals surface area contributed by atoms with Gasteiger partial charge in [0, 0.05) is 11.3 Å². The molecule has 1 fully saturated rings. The number of hydrogen-bond acceptors (Lipinski definition) is 2. The van der Waals surface area contributed by atoms with Crippen molar-refractivity contribution in [1.82, 2.24) is 9.55 Å². The van der Waals surface area contributed by atoms with Crippen LogP contribution in [0, 0.1) is 6.92 Å². The third-order valence-corrected chi connectivity index (χ3v) is 5.89. The molecule has 0 saturated heterocycles. The lowest BCUT2D eigenvalue weighted by Gasteiger charge is -2.31. The summed E-state index contributed by atoms with van der Waals surface area (Å²) in [5.74, 6) is 1.03. The van der Waals surface area contributed by atoms with Gasteiger partial charge in [-0.3, -0.25) is 0 Å². The highest BCUT2D eigenvalue weighted by molar-refractivity contribution is 7.99. The number of aromatic nitrogens is 2. The fourth-order valence-electron chi connectivity index (χ4n) is 3.51. The molecule has 0 spiro atoms. The number of fused-ring (bicyclic) bond motifs is 1. The van der Waals surface area contributed by atoms with Crippen molar-refractivity contribution < 1.29 is 0 Å². The second-order valence-electron chi connectivity index (χ2n) is 6.08. The van der Waals surface area contributed by atoms with E-state index in [0.29, 0.717) is 6.04 Å². The van der Waals surface area contributed by atoms with Crippen molar-refractivity contribution in [2.45, 2.75) is 56.2 Å². The predicted molar refractivity (Wildman–Crippen MR) is 93.5 cm³/mol. The summed E-state index contributed by atoms with van der Waals surface area (Å²) < 4.78 is 2.43. The average molecular weight is 323 g/mol. The number of aryl methyl sites for hydroxylation is 1. The monoisotopic (exact) mass is 322 g/mol. The van der Waals surface area contributed by atoms with E-state index in [9.17, 15) is 0 Å². The summed E-state index contributed by atoms with van der Waals surface area (Å²) in [6.07, 6.45) is 7.35. The standard InChI is InChI=1S/C17H23ClN2S/c1-11-6-4-9-15-16(11)19-17(12(2)18)20(15)13-7-5-8-14(10-13)21-3/h4,6,9,12-14H,5,7-8,10H2,1-3H3. The quantitative estimate of drug-likeness (QED) is 0.695. The van der Waals surface area contributed by atoms with Crippen LogP contribution in [0.5, 0.6) is 0 Å². The SMILES string of the molecule is CSC1CCCC(n2c(C(C)Cl)nc3c(C)cccc32)C1. The van der Waals surface area contributed by atoms with Gasteiger partial charge in [0.2, 0.25) is 0 Å². The molecule has 0 radical (unpaired) electrons. The third kappa shape index (κ3) is 2.83. The van der Waals surface area contributed by atoms with Crippen molar-refractivity contribution in [2.24, 2.45) is 0 Å². The van der Waals surface area contributed by atoms with Crippen LogP contribution in [-0.4, -0.2) is 21.1 Å². The van der Waals surface area contributed by atoms with Gasteiger partial charge in [0.25, 0.3) is 0 Å². The molecule has 4 heteroatoms. The Morgan fingerprint density at radius 1 is 1.38 bits per heavy atom. The third-order valence-electron chi connectivity index (χ3n) is 4.60. The van der Waals surface area contributed by atoms with Crippen molar-refractivity contribution in [2.75, 3.05) is 6.26 Å². The Labute approximate surface area is 136 Å². The molecule has 2 nitrogen and oxygen atoms in total. The molecule has 1 aromatic heterocycles. The van der Waals surface area contributed by atoms with E-state index in [4.69, 9.17) is 16.6 Å². The lowest BCUT2D eigenvalue weighted by molar-refractivity contribution is 0.360. The number of para-hydroxylation sites is 1. The van der Waals surface area contributed by atoms with Crippen LogP contribution in [0.1, 0.15) is 55.4 Å². The molecular weight excluding hydrogens is 300 g/mol. The van der Waals surface area contributed by atoms with Crippen molar-refractivity contribution in [3.8, 4) is 0 Å². The largest absolute Gasteiger partial charge is 0.324 e. The lowest BCUT2D eigenvalue weighted by Crippen LogP contribution is -2.22. The van der Waals surface area contributed by atoms with Crippen LogP contribution in [0.25, 0.3) is 11.0 Å². The molecule has 1 aliphatic rings. The van der Waals surface area contributed by atoms with Crippen molar-refractivity contribution >= 4 is 34.4 Å². The molecule has 21 heavy (non-hydrogen) atoms. The van der Waals surface area contributed by atoms with Crippen molar-refractivity contribution in [3.05, 3.63) is 29.6 Å². The maximum atomic E-state index is 6.43. The fourth-order valence-corrected chi connectivity index (χ4v) is 4.48. The van der Waals surface area contributed by atoms with Gasteiger partial charge < -0.3 is 4.57 Å². The Hall–Kier alpha value is -0.670. The summed E-state index contributed by atoms with van der Waals surface area (Å²) in [6, 6.07) is 7.00. The molecule has 114 valence electrons. The predicted octanol–water partition coefficient (Wildman–Crippen LogP) is 5.49. The van der Waals surface area contributed by atoms with Gasteiger partial charge in [0.1, 0.15) is 5.82 Å². The van der Waals surface area contributed by atoms with Crippen LogP contribution < -0.4 is 0 Å². The molecule has 3 atom stereocenters. The number of nitrogens with zero attached hydrogens (tertiary/aromatic N) is 2. The first-order valence-corrected chi connectivity index (χ1v) is 9.48. The second-order valence-corrected chi connectivity index (χ2v) is 7.87. The summed E-state index contributed by atoms with van der Waals surface area (Å²) in [5, 5.41) is 0.718. The van der Waals surface area contributed by atoms with Gasteiger partial charge in [0.15, 0.2) is 0 Å². The van der Waals surface area contributed by atoms with Crippen molar-refractivity contribution in [3.63, 3.8) is 0 Å². The molecule has 2 aromatic rings. The number of benzene rings is 1. The Morgan fingerprint density at radius 2 is 2.19 bits per heavy atom. The maximum Gasteiger partial charge on any atom is 0.127 e. The van der Waals surface area contributed by atoms with Crippen LogP contribution in [-0.2, 0) is 0 Å². The Bertz CT molecular complexity index is 635. The van der Waals surface area contributed by atoms with Crippen LogP contribution in [0.15, 0.2) is 18.2 Å². The summed E-state index contributed by atoms with van der Waals surface area (Å²) in [6.45, 7) is 4.16. The van der Waals surface area contributed by atoms with E-state index in [0.717, 1.165) is 16.6 Å². The van der Waals surface area contributed by atoms with Gasteiger partial charge in [-0.05, 0) is 51.0 Å². The zero-order valence-electron chi connectivity index (χ0n) is 13.0. The molecule has 1 saturated carbocycles. The molecule has 1 aromatic carbocycles. The van der Waals surface area contributed by atoms with Crippen LogP contribution in [0.3, 0.4) is 0 Å². The maximum absolute atomic E-state index is 6.43. The van der Waals surface area contributed by atoms with E-state index in [2.05, 4.69) is 35.9 Å². The Kier molecular flexibility index (Phi) is 4.51. The number of halogens is 1. The highest BCUT2D eigenvalue weighted by atomic mass is 35.5. The van der Waals surface area contributed by atoms with Gasteiger partial charge in [-0.2, -0.15) is 11.8 Å². The normalized spacial score (nSPS) is 24.4. The van der Waals surface area contributed by atoms with Crippen LogP contribution in [0.2, 0.25) is 0 Å². The van der Waals surface area contributed by atoms with E-state index in [1.165, 1.54) is 36.8 Å². The van der Waals surface area contributed by atoms with E-state index in [1.807, 2.05) is 18.7 Å². The Balaban J connectivity index is 2.11. The summed E-state index contributed by atoms with van der Waals surface area (Å²) in [5.41, 5.74) is 3.61. The molecule has 0 bridgehead atoms. The molecule has 3 rings (SSSR count). The van der Waals surface area contributed by atoms with Gasteiger partial charge in [-0.25, -0.2) is 4.98 Å². The number of rotatable bonds is 3. The molecule has 1 aliphatic carbocycles. The van der Waals surface area contributed by atoms with Crippen molar-refractivity contribution in [1.29, 1.82) is 0 Å². The first-order chi connectivity index (χ1) is 10.1. The van der Waals surface area contributed by atoms with Crippen LogP contribution in [0.4, 0.5) is 0 Å². The molecule has 3 unspecified atom stereocenters. The number of imidazole rings is 1. The van der Waals surface area contributed by atoms with Gasteiger partial charge in [0.05, 0.1) is 16.4 Å². The van der Waals surface area contributed by atoms with Crippen LogP contribution >= 0.6 is 23.4 Å². The van der Waals surface area contributed by atoms with E-state index >= 15 is 0 Å². The fraction of sp³-hybridized carbons (Fsp3) is 0.588.